The summed E-state index contributed by atoms with van der Waals surface area (Å²) in [5, 5.41) is 8.00. The van der Waals surface area contributed by atoms with Gasteiger partial charge in [0.05, 0.1) is 12.1 Å². The lowest BCUT2D eigenvalue weighted by Gasteiger charge is -2.20. The Hall–Kier alpha value is -2.08. The number of carbonyl (C=O) groups is 2. The van der Waals surface area contributed by atoms with Crippen molar-refractivity contribution in [2.24, 2.45) is 0 Å². The van der Waals surface area contributed by atoms with Gasteiger partial charge in [-0.2, -0.15) is 0 Å². The van der Waals surface area contributed by atoms with Gasteiger partial charge in [0, 0.05) is 12.6 Å². The van der Waals surface area contributed by atoms with Gasteiger partial charge in [0.15, 0.2) is 0 Å². The van der Waals surface area contributed by atoms with E-state index in [1.165, 1.54) is 0 Å². The standard InChI is InChI=1S/C17H27N3O3/c1-6-18-17(22)20-16(21)13(5)19-12(4)14-8-7-9-15(10-14)23-11(2)3/h7-13,19H,6H2,1-5H3,(H2,18,20,21,22). The molecular formula is C17H27N3O3. The first-order chi connectivity index (χ1) is 10.8. The van der Waals surface area contributed by atoms with E-state index in [4.69, 9.17) is 4.74 Å². The van der Waals surface area contributed by atoms with Gasteiger partial charge in [-0.25, -0.2) is 4.79 Å². The summed E-state index contributed by atoms with van der Waals surface area (Å²) < 4.78 is 5.68. The van der Waals surface area contributed by atoms with Crippen molar-refractivity contribution in [2.45, 2.75) is 52.8 Å². The van der Waals surface area contributed by atoms with Gasteiger partial charge in [-0.1, -0.05) is 12.1 Å². The SMILES string of the molecule is CCNC(=O)NC(=O)C(C)NC(C)c1cccc(OC(C)C)c1. The molecular weight excluding hydrogens is 294 g/mol. The fraction of sp³-hybridized carbons (Fsp3) is 0.529. The van der Waals surface area contributed by atoms with Gasteiger partial charge in [-0.15, -0.1) is 0 Å². The molecule has 0 aliphatic rings. The van der Waals surface area contributed by atoms with Gasteiger partial charge in [-0.3, -0.25) is 15.4 Å². The summed E-state index contributed by atoms with van der Waals surface area (Å²) in [7, 11) is 0. The fourth-order valence-corrected chi connectivity index (χ4v) is 2.10. The summed E-state index contributed by atoms with van der Waals surface area (Å²) in [5.41, 5.74) is 1.01. The van der Waals surface area contributed by atoms with E-state index in [9.17, 15) is 9.59 Å². The largest absolute Gasteiger partial charge is 0.491 e. The second-order valence-electron chi connectivity index (χ2n) is 5.70. The summed E-state index contributed by atoms with van der Waals surface area (Å²) >= 11 is 0. The lowest BCUT2D eigenvalue weighted by atomic mass is 10.1. The van der Waals surface area contributed by atoms with Crippen LogP contribution in [0.2, 0.25) is 0 Å². The van der Waals surface area contributed by atoms with Crippen LogP contribution in [0, 0.1) is 0 Å². The number of rotatable bonds is 7. The molecule has 0 saturated carbocycles. The summed E-state index contributed by atoms with van der Waals surface area (Å²) in [5.74, 6) is 0.433. The zero-order chi connectivity index (χ0) is 17.4. The molecule has 0 heterocycles. The Morgan fingerprint density at radius 3 is 2.48 bits per heavy atom. The highest BCUT2D eigenvalue weighted by Crippen LogP contribution is 2.20. The number of nitrogens with one attached hydrogen (secondary N) is 3. The summed E-state index contributed by atoms with van der Waals surface area (Å²) in [6, 6.07) is 6.71. The van der Waals surface area contributed by atoms with Crippen LogP contribution in [0.15, 0.2) is 24.3 Å². The highest BCUT2D eigenvalue weighted by molar-refractivity contribution is 5.96. The van der Waals surface area contributed by atoms with E-state index in [0.29, 0.717) is 6.54 Å². The maximum atomic E-state index is 11.9. The van der Waals surface area contributed by atoms with Crippen molar-refractivity contribution in [2.75, 3.05) is 6.54 Å². The van der Waals surface area contributed by atoms with Crippen molar-refractivity contribution in [1.29, 1.82) is 0 Å². The molecule has 0 aliphatic heterocycles. The first-order valence-electron chi connectivity index (χ1n) is 7.94. The molecule has 2 unspecified atom stereocenters. The lowest BCUT2D eigenvalue weighted by Crippen LogP contribution is -2.48. The molecule has 0 aliphatic carbocycles. The van der Waals surface area contributed by atoms with E-state index in [1.807, 2.05) is 45.0 Å². The highest BCUT2D eigenvalue weighted by atomic mass is 16.5. The first kappa shape index (κ1) is 19.0. The van der Waals surface area contributed by atoms with Crippen molar-refractivity contribution in [3.05, 3.63) is 29.8 Å². The molecule has 128 valence electrons. The van der Waals surface area contributed by atoms with E-state index in [0.717, 1.165) is 11.3 Å². The smallest absolute Gasteiger partial charge is 0.321 e. The second-order valence-corrected chi connectivity index (χ2v) is 5.70. The molecule has 6 heteroatoms. The minimum Gasteiger partial charge on any atom is -0.491 e. The van der Waals surface area contributed by atoms with Gasteiger partial charge in [0.2, 0.25) is 5.91 Å². The van der Waals surface area contributed by atoms with Crippen molar-refractivity contribution in [3.63, 3.8) is 0 Å². The molecule has 0 saturated heterocycles. The summed E-state index contributed by atoms with van der Waals surface area (Å²) in [6.45, 7) is 9.90. The third-order valence-corrected chi connectivity index (χ3v) is 3.20. The van der Waals surface area contributed by atoms with Crippen molar-refractivity contribution >= 4 is 11.9 Å². The number of ether oxygens (including phenoxy) is 1. The Labute approximate surface area is 138 Å². The van der Waals surface area contributed by atoms with Crippen LogP contribution in [-0.2, 0) is 4.79 Å². The van der Waals surface area contributed by atoms with Crippen LogP contribution in [0.4, 0.5) is 4.79 Å². The Morgan fingerprint density at radius 1 is 1.17 bits per heavy atom. The quantitative estimate of drug-likeness (QED) is 0.720. The van der Waals surface area contributed by atoms with Gasteiger partial charge < -0.3 is 10.1 Å². The van der Waals surface area contributed by atoms with Gasteiger partial charge >= 0.3 is 6.03 Å². The maximum Gasteiger partial charge on any atom is 0.321 e. The van der Waals surface area contributed by atoms with Crippen LogP contribution in [0.25, 0.3) is 0 Å². The molecule has 0 radical (unpaired) electrons. The average molecular weight is 321 g/mol. The number of imide groups is 1. The van der Waals surface area contributed by atoms with Gasteiger partial charge in [-0.05, 0) is 52.3 Å². The first-order valence-corrected chi connectivity index (χ1v) is 7.94. The Bertz CT molecular complexity index is 532. The zero-order valence-electron chi connectivity index (χ0n) is 14.5. The number of amides is 3. The third-order valence-electron chi connectivity index (χ3n) is 3.20. The minimum absolute atomic E-state index is 0.0549. The molecule has 0 fully saturated rings. The van der Waals surface area contributed by atoms with Crippen molar-refractivity contribution in [3.8, 4) is 5.75 Å². The Morgan fingerprint density at radius 2 is 1.87 bits per heavy atom. The lowest BCUT2D eigenvalue weighted by molar-refractivity contribution is -0.121. The van der Waals surface area contributed by atoms with E-state index < -0.39 is 12.1 Å². The Balaban J connectivity index is 2.62. The summed E-state index contributed by atoms with van der Waals surface area (Å²) in [4.78, 5) is 23.3. The topological polar surface area (TPSA) is 79.5 Å². The molecule has 1 aromatic rings. The van der Waals surface area contributed by atoms with Crippen LogP contribution >= 0.6 is 0 Å². The number of hydrogen-bond acceptors (Lipinski definition) is 4. The van der Waals surface area contributed by atoms with Crippen LogP contribution in [0.1, 0.15) is 46.2 Å². The highest BCUT2D eigenvalue weighted by Gasteiger charge is 2.18. The fourth-order valence-electron chi connectivity index (χ4n) is 2.10. The monoisotopic (exact) mass is 321 g/mol. The number of urea groups is 1. The third kappa shape index (κ3) is 6.69. The van der Waals surface area contributed by atoms with Gasteiger partial charge in [0.1, 0.15) is 5.75 Å². The second kappa shape index (κ2) is 9.15. The molecule has 3 N–H and O–H groups in total. The van der Waals surface area contributed by atoms with E-state index in [-0.39, 0.29) is 18.1 Å². The normalized spacial score (nSPS) is 13.3. The minimum atomic E-state index is -0.498. The van der Waals surface area contributed by atoms with E-state index in [1.54, 1.807) is 13.8 Å². The molecule has 0 bridgehead atoms. The molecule has 1 rings (SSSR count). The number of carbonyl (C=O) groups excluding carboxylic acids is 2. The number of hydrogen-bond donors (Lipinski definition) is 3. The molecule has 1 aromatic carbocycles. The van der Waals surface area contributed by atoms with E-state index >= 15 is 0 Å². The number of benzene rings is 1. The molecule has 3 amide bonds. The zero-order valence-corrected chi connectivity index (χ0v) is 14.5. The molecule has 2 atom stereocenters. The van der Waals surface area contributed by atoms with Crippen LogP contribution in [0.5, 0.6) is 5.75 Å². The van der Waals surface area contributed by atoms with Crippen molar-refractivity contribution < 1.29 is 14.3 Å². The van der Waals surface area contributed by atoms with E-state index in [2.05, 4.69) is 16.0 Å². The average Bonchev–Trinajstić information content (AvgIpc) is 2.46. The van der Waals surface area contributed by atoms with Crippen LogP contribution in [0.3, 0.4) is 0 Å². The molecule has 0 spiro atoms. The predicted octanol–water partition coefficient (Wildman–Crippen LogP) is 2.36. The van der Waals surface area contributed by atoms with Crippen LogP contribution < -0.4 is 20.7 Å². The maximum absolute atomic E-state index is 11.9. The molecule has 0 aromatic heterocycles. The molecule has 23 heavy (non-hydrogen) atoms. The van der Waals surface area contributed by atoms with Crippen molar-refractivity contribution in [1.82, 2.24) is 16.0 Å². The van der Waals surface area contributed by atoms with Gasteiger partial charge in [0.25, 0.3) is 0 Å². The predicted molar refractivity (Wildman–Crippen MR) is 90.4 cm³/mol. The molecule has 6 nitrogen and oxygen atoms in total. The summed E-state index contributed by atoms with van der Waals surface area (Å²) in [6.07, 6.45) is 0.107. The Kier molecular flexibility index (Phi) is 7.54. The van der Waals surface area contributed by atoms with Crippen LogP contribution in [-0.4, -0.2) is 30.6 Å².